The van der Waals surface area contributed by atoms with Crippen molar-refractivity contribution in [3.63, 3.8) is 0 Å². The largest absolute Gasteiger partial charge is 0.462 e. The van der Waals surface area contributed by atoms with E-state index >= 15 is 0 Å². The Kier molecular flexibility index (Phi) is 62.7. The molecule has 0 aliphatic rings. The van der Waals surface area contributed by atoms with E-state index in [-0.39, 0.29) is 31.1 Å². The smallest absolute Gasteiger partial charge is 0.306 e. The minimum atomic E-state index is -0.781. The number of carbonyl (C=O) groups is 3. The summed E-state index contributed by atoms with van der Waals surface area (Å²) in [7, 11) is 0. The average Bonchev–Trinajstić information content (AvgIpc) is 3.43. The molecule has 0 heterocycles. The third-order valence-corrected chi connectivity index (χ3v) is 14.7. The molecule has 0 fully saturated rings. The van der Waals surface area contributed by atoms with Gasteiger partial charge in [-0.1, -0.05) is 306 Å². The molecule has 0 saturated carbocycles. The molecule has 77 heavy (non-hydrogen) atoms. The third-order valence-electron chi connectivity index (χ3n) is 14.7. The van der Waals surface area contributed by atoms with Crippen LogP contribution in [0.25, 0.3) is 0 Å². The number of unbranched alkanes of at least 4 members (excludes halogenated alkanes) is 38. The van der Waals surface area contributed by atoms with Gasteiger partial charge in [-0.2, -0.15) is 0 Å². The molecule has 446 valence electrons. The van der Waals surface area contributed by atoms with Gasteiger partial charge in [0, 0.05) is 19.3 Å². The first-order chi connectivity index (χ1) is 38.0. The lowest BCUT2D eigenvalue weighted by Gasteiger charge is -2.18. The zero-order valence-corrected chi connectivity index (χ0v) is 51.2. The molecule has 6 heteroatoms. The standard InChI is InChI=1S/C71H126O6/c1-4-7-10-13-16-19-22-25-28-31-33-35-37-40-43-46-49-52-55-58-61-64-70(73)76-67-68(66-75-69(72)63-60-57-54-51-48-45-42-39-30-27-24-21-18-15-12-9-6-3)77-71(74)65-62-59-56-53-50-47-44-41-38-36-34-32-29-26-23-20-17-14-11-8-5-2/h7,10,16,19,23,25-26,28,32-35,68H,4-6,8-9,11-15,17-18,20-22,24,27,29-31,36-67H2,1-3H3/b10-7-,19-16-,26-23-,28-25-,34-32-,35-33-. The second-order valence-electron chi connectivity index (χ2n) is 22.4. The second-order valence-corrected chi connectivity index (χ2v) is 22.4. The Morgan fingerprint density at radius 3 is 0.792 bits per heavy atom. The summed E-state index contributed by atoms with van der Waals surface area (Å²) in [6, 6.07) is 0. The summed E-state index contributed by atoms with van der Waals surface area (Å²) in [5.41, 5.74) is 0. The van der Waals surface area contributed by atoms with Crippen molar-refractivity contribution in [2.75, 3.05) is 13.2 Å². The Balaban J connectivity index is 4.37. The van der Waals surface area contributed by atoms with Crippen molar-refractivity contribution < 1.29 is 28.6 Å². The van der Waals surface area contributed by atoms with Crippen LogP contribution in [0.5, 0.6) is 0 Å². The summed E-state index contributed by atoms with van der Waals surface area (Å²) in [4.78, 5) is 38.4. The van der Waals surface area contributed by atoms with Gasteiger partial charge in [-0.05, 0) is 89.9 Å². The Morgan fingerprint density at radius 2 is 0.506 bits per heavy atom. The molecule has 0 saturated heterocycles. The van der Waals surface area contributed by atoms with Gasteiger partial charge < -0.3 is 14.2 Å². The Morgan fingerprint density at radius 1 is 0.273 bits per heavy atom. The number of rotatable bonds is 61. The monoisotopic (exact) mass is 1070 g/mol. The minimum absolute atomic E-state index is 0.0762. The molecule has 0 amide bonds. The van der Waals surface area contributed by atoms with Crippen LogP contribution in [0.2, 0.25) is 0 Å². The lowest BCUT2D eigenvalue weighted by Crippen LogP contribution is -2.30. The molecule has 1 atom stereocenters. The molecule has 1 unspecified atom stereocenters. The lowest BCUT2D eigenvalue weighted by atomic mass is 10.0. The highest BCUT2D eigenvalue weighted by molar-refractivity contribution is 5.71. The van der Waals surface area contributed by atoms with Gasteiger partial charge in [-0.15, -0.1) is 0 Å². The maximum atomic E-state index is 12.9. The van der Waals surface area contributed by atoms with Crippen LogP contribution in [-0.2, 0) is 28.6 Å². The third kappa shape index (κ3) is 63.6. The van der Waals surface area contributed by atoms with Crippen molar-refractivity contribution in [2.24, 2.45) is 0 Å². The van der Waals surface area contributed by atoms with Gasteiger partial charge in [0.15, 0.2) is 6.10 Å². The first-order valence-electron chi connectivity index (χ1n) is 33.4. The Bertz CT molecular complexity index is 1420. The number of allylic oxidation sites excluding steroid dienone is 12. The summed E-state index contributed by atoms with van der Waals surface area (Å²) < 4.78 is 17.0. The fourth-order valence-electron chi connectivity index (χ4n) is 9.70. The SMILES string of the molecule is CC/C=C\C/C=C\C/C=C\C/C=C\CCCCCCCCCCC(=O)OCC(COC(=O)CCCCCCCCCCCCCCCCCCC)OC(=O)CCCCCCCCCCC/C=C\C/C=C\CCCCCCC. The van der Waals surface area contributed by atoms with Crippen LogP contribution in [-0.4, -0.2) is 37.2 Å². The van der Waals surface area contributed by atoms with Gasteiger partial charge in [-0.25, -0.2) is 0 Å². The molecule has 0 aliphatic heterocycles. The van der Waals surface area contributed by atoms with E-state index in [4.69, 9.17) is 14.2 Å². The van der Waals surface area contributed by atoms with E-state index in [2.05, 4.69) is 93.7 Å². The van der Waals surface area contributed by atoms with Gasteiger partial charge in [0.05, 0.1) is 0 Å². The molecule has 0 spiro atoms. The van der Waals surface area contributed by atoms with Crippen LogP contribution in [0.4, 0.5) is 0 Å². The van der Waals surface area contributed by atoms with E-state index in [1.165, 1.54) is 205 Å². The summed E-state index contributed by atoms with van der Waals surface area (Å²) >= 11 is 0. The molecule has 0 aromatic heterocycles. The summed E-state index contributed by atoms with van der Waals surface area (Å²) in [5.74, 6) is -0.869. The van der Waals surface area contributed by atoms with Crippen molar-refractivity contribution in [3.05, 3.63) is 72.9 Å². The van der Waals surface area contributed by atoms with Gasteiger partial charge in [0.25, 0.3) is 0 Å². The molecule has 0 aliphatic carbocycles. The Hall–Kier alpha value is -3.15. The number of esters is 3. The van der Waals surface area contributed by atoms with Crippen LogP contribution >= 0.6 is 0 Å². The van der Waals surface area contributed by atoms with Crippen molar-refractivity contribution in [3.8, 4) is 0 Å². The maximum Gasteiger partial charge on any atom is 0.306 e. The summed E-state index contributed by atoms with van der Waals surface area (Å²) in [6.07, 6.45) is 84.7. The Labute approximate surface area is 478 Å². The maximum absolute atomic E-state index is 12.9. The first-order valence-corrected chi connectivity index (χ1v) is 33.4. The fraction of sp³-hybridized carbons (Fsp3) is 0.789. The van der Waals surface area contributed by atoms with Gasteiger partial charge in [-0.3, -0.25) is 14.4 Å². The predicted molar refractivity (Wildman–Crippen MR) is 335 cm³/mol. The number of hydrogen-bond donors (Lipinski definition) is 0. The molecule has 0 bridgehead atoms. The topological polar surface area (TPSA) is 78.9 Å². The number of hydrogen-bond acceptors (Lipinski definition) is 6. The van der Waals surface area contributed by atoms with Crippen LogP contribution in [0.15, 0.2) is 72.9 Å². The highest BCUT2D eigenvalue weighted by Crippen LogP contribution is 2.17. The average molecular weight is 1080 g/mol. The van der Waals surface area contributed by atoms with Crippen LogP contribution in [0.1, 0.15) is 342 Å². The number of ether oxygens (including phenoxy) is 3. The second kappa shape index (κ2) is 65.4. The highest BCUT2D eigenvalue weighted by atomic mass is 16.6. The van der Waals surface area contributed by atoms with E-state index in [0.717, 1.165) is 96.3 Å². The molecule has 0 aromatic rings. The predicted octanol–water partition coefficient (Wildman–Crippen LogP) is 22.9. The van der Waals surface area contributed by atoms with Crippen LogP contribution < -0.4 is 0 Å². The van der Waals surface area contributed by atoms with Crippen molar-refractivity contribution in [2.45, 2.75) is 348 Å². The molecule has 0 rings (SSSR count). The lowest BCUT2D eigenvalue weighted by molar-refractivity contribution is -0.167. The summed E-state index contributed by atoms with van der Waals surface area (Å²) in [6.45, 7) is 6.56. The van der Waals surface area contributed by atoms with E-state index in [0.29, 0.717) is 19.3 Å². The van der Waals surface area contributed by atoms with Gasteiger partial charge in [0.2, 0.25) is 0 Å². The van der Waals surface area contributed by atoms with Crippen LogP contribution in [0.3, 0.4) is 0 Å². The van der Waals surface area contributed by atoms with E-state index < -0.39 is 6.10 Å². The van der Waals surface area contributed by atoms with E-state index in [9.17, 15) is 14.4 Å². The van der Waals surface area contributed by atoms with Crippen molar-refractivity contribution in [1.29, 1.82) is 0 Å². The molecule has 6 nitrogen and oxygen atoms in total. The van der Waals surface area contributed by atoms with E-state index in [1.54, 1.807) is 0 Å². The number of carbonyl (C=O) groups excluding carboxylic acids is 3. The summed E-state index contributed by atoms with van der Waals surface area (Å²) in [5, 5.41) is 0. The van der Waals surface area contributed by atoms with Gasteiger partial charge >= 0.3 is 17.9 Å². The zero-order chi connectivity index (χ0) is 55.7. The molecular formula is C71H126O6. The van der Waals surface area contributed by atoms with Gasteiger partial charge in [0.1, 0.15) is 13.2 Å². The van der Waals surface area contributed by atoms with E-state index in [1.807, 2.05) is 0 Å². The minimum Gasteiger partial charge on any atom is -0.462 e. The first kappa shape index (κ1) is 73.8. The molecule has 0 aromatic carbocycles. The van der Waals surface area contributed by atoms with Crippen molar-refractivity contribution >= 4 is 17.9 Å². The zero-order valence-electron chi connectivity index (χ0n) is 51.2. The fourth-order valence-corrected chi connectivity index (χ4v) is 9.70. The molecular weight excluding hydrogens is 949 g/mol. The van der Waals surface area contributed by atoms with Crippen molar-refractivity contribution in [1.82, 2.24) is 0 Å². The normalized spacial score (nSPS) is 12.5. The quantitative estimate of drug-likeness (QED) is 0.0261. The molecule has 0 radical (unpaired) electrons. The molecule has 0 N–H and O–H groups in total. The van der Waals surface area contributed by atoms with Crippen LogP contribution in [0, 0.1) is 0 Å². The highest BCUT2D eigenvalue weighted by Gasteiger charge is 2.19.